The Hall–Kier alpha value is -3.01. The average molecular weight is 389 g/mol. The van der Waals surface area contributed by atoms with Gasteiger partial charge < -0.3 is 24.5 Å². The lowest BCUT2D eigenvalue weighted by Crippen LogP contribution is -2.50. The highest BCUT2D eigenvalue weighted by Crippen LogP contribution is 2.28. The van der Waals surface area contributed by atoms with Crippen LogP contribution >= 0.6 is 0 Å². The van der Waals surface area contributed by atoms with Gasteiger partial charge in [0.2, 0.25) is 5.91 Å². The zero-order chi connectivity index (χ0) is 20.1. The van der Waals surface area contributed by atoms with Crippen LogP contribution in [0.3, 0.4) is 0 Å². The average Bonchev–Trinajstić information content (AvgIpc) is 3.21. The van der Waals surface area contributed by atoms with Crippen molar-refractivity contribution in [1.29, 1.82) is 0 Å². The van der Waals surface area contributed by atoms with E-state index in [0.717, 1.165) is 0 Å². The maximum atomic E-state index is 12.7. The monoisotopic (exact) mass is 389 g/mol. The van der Waals surface area contributed by atoms with Gasteiger partial charge >= 0.3 is 0 Å². The topological polar surface area (TPSA) is 130 Å². The summed E-state index contributed by atoms with van der Waals surface area (Å²) < 4.78 is 10.3. The zero-order valence-electron chi connectivity index (χ0n) is 15.8. The third kappa shape index (κ3) is 4.45. The third-order valence-corrected chi connectivity index (χ3v) is 4.95. The predicted molar refractivity (Wildman–Crippen MR) is 97.2 cm³/mol. The van der Waals surface area contributed by atoms with Crippen molar-refractivity contribution < 1.29 is 18.8 Å². The van der Waals surface area contributed by atoms with Crippen molar-refractivity contribution in [2.24, 2.45) is 5.92 Å². The number of aromatic nitrogens is 3. The molecule has 0 radical (unpaired) electrons. The van der Waals surface area contributed by atoms with E-state index in [9.17, 15) is 14.4 Å². The van der Waals surface area contributed by atoms with Gasteiger partial charge in [0.05, 0.1) is 18.7 Å². The highest BCUT2D eigenvalue weighted by atomic mass is 16.5. The van der Waals surface area contributed by atoms with E-state index < -0.39 is 11.5 Å². The van der Waals surface area contributed by atoms with E-state index in [-0.39, 0.29) is 29.7 Å². The summed E-state index contributed by atoms with van der Waals surface area (Å²) in [6.45, 7) is 0.367. The van der Waals surface area contributed by atoms with Gasteiger partial charge in [-0.3, -0.25) is 14.4 Å². The van der Waals surface area contributed by atoms with E-state index in [1.54, 1.807) is 25.1 Å². The molecule has 1 fully saturated rings. The van der Waals surface area contributed by atoms with Crippen LogP contribution in [-0.4, -0.2) is 58.1 Å². The highest BCUT2D eigenvalue weighted by Gasteiger charge is 2.36. The number of ether oxygens (including phenoxy) is 1. The standard InChI is InChI=1S/C18H23N5O5/c1-23(10-12-5-8-28-22-12)18(26)11-3-4-13(14(9-11)27-2)21-17(25)15-16(24)20-7-6-19-15/h5-8,11,13-14H,3-4,9-10H2,1-2H3,(H,20,24)(H,21,25)/t11-,13+,14+/m0/s1. The van der Waals surface area contributed by atoms with Crippen molar-refractivity contribution in [1.82, 2.24) is 25.3 Å². The Labute approximate surface area is 161 Å². The summed E-state index contributed by atoms with van der Waals surface area (Å²) in [7, 11) is 3.27. The Kier molecular flexibility index (Phi) is 6.19. The lowest BCUT2D eigenvalue weighted by Gasteiger charge is -2.36. The molecule has 2 aromatic rings. The van der Waals surface area contributed by atoms with E-state index in [4.69, 9.17) is 9.26 Å². The first-order valence-corrected chi connectivity index (χ1v) is 9.01. The van der Waals surface area contributed by atoms with Gasteiger partial charge in [0.25, 0.3) is 11.5 Å². The number of nitrogens with one attached hydrogen (secondary N) is 2. The normalized spacial score (nSPS) is 21.9. The molecule has 3 rings (SSSR count). The Bertz CT molecular complexity index is 865. The van der Waals surface area contributed by atoms with E-state index in [1.807, 2.05) is 0 Å². The molecular formula is C18H23N5O5. The highest BCUT2D eigenvalue weighted by molar-refractivity contribution is 5.92. The smallest absolute Gasteiger partial charge is 0.279 e. The van der Waals surface area contributed by atoms with Gasteiger partial charge in [-0.25, -0.2) is 4.98 Å². The van der Waals surface area contributed by atoms with Crippen molar-refractivity contribution in [3.63, 3.8) is 0 Å². The number of aromatic amines is 1. The van der Waals surface area contributed by atoms with Crippen LogP contribution in [-0.2, 0) is 16.1 Å². The molecular weight excluding hydrogens is 366 g/mol. The molecule has 150 valence electrons. The molecule has 2 aromatic heterocycles. The summed E-state index contributed by atoms with van der Waals surface area (Å²) in [6.07, 6.45) is 5.48. The second kappa shape index (κ2) is 8.79. The van der Waals surface area contributed by atoms with Crippen LogP contribution < -0.4 is 10.9 Å². The van der Waals surface area contributed by atoms with Crippen LogP contribution in [0.25, 0.3) is 0 Å². The third-order valence-electron chi connectivity index (χ3n) is 4.95. The molecule has 1 saturated carbocycles. The van der Waals surface area contributed by atoms with Crippen molar-refractivity contribution in [3.8, 4) is 0 Å². The minimum atomic E-state index is -0.554. The van der Waals surface area contributed by atoms with E-state index in [2.05, 4.69) is 20.4 Å². The number of methoxy groups -OCH3 is 1. The predicted octanol–water partition coefficient (Wildman–Crippen LogP) is 0.330. The quantitative estimate of drug-likeness (QED) is 0.728. The van der Waals surface area contributed by atoms with Crippen LogP contribution in [0.2, 0.25) is 0 Å². The number of hydrogen-bond acceptors (Lipinski definition) is 7. The van der Waals surface area contributed by atoms with Crippen LogP contribution in [0.5, 0.6) is 0 Å². The van der Waals surface area contributed by atoms with Gasteiger partial charge in [-0.2, -0.15) is 0 Å². The second-order valence-corrected chi connectivity index (χ2v) is 6.82. The number of nitrogens with zero attached hydrogens (tertiary/aromatic N) is 3. The van der Waals surface area contributed by atoms with Gasteiger partial charge in [-0.15, -0.1) is 0 Å². The SMILES string of the molecule is CO[C@@H]1C[C@@H](C(=O)N(C)Cc2ccon2)CC[C@H]1NC(=O)c1ncc[nH]c1=O. The fraction of sp³-hybridized carbons (Fsp3) is 0.500. The molecule has 0 aliphatic heterocycles. The molecule has 1 aliphatic rings. The summed E-state index contributed by atoms with van der Waals surface area (Å²) in [5.74, 6) is -0.772. The zero-order valence-corrected chi connectivity index (χ0v) is 15.8. The fourth-order valence-corrected chi connectivity index (χ4v) is 3.48. The molecule has 2 amide bonds. The Balaban J connectivity index is 1.60. The number of amides is 2. The molecule has 0 saturated heterocycles. The van der Waals surface area contributed by atoms with Gasteiger partial charge in [0, 0.05) is 38.5 Å². The summed E-state index contributed by atoms with van der Waals surface area (Å²) >= 11 is 0. The maximum Gasteiger partial charge on any atom is 0.279 e. The largest absolute Gasteiger partial charge is 0.379 e. The molecule has 2 N–H and O–H groups in total. The van der Waals surface area contributed by atoms with E-state index in [1.165, 1.54) is 18.7 Å². The lowest BCUT2D eigenvalue weighted by molar-refractivity contribution is -0.137. The van der Waals surface area contributed by atoms with Crippen molar-refractivity contribution in [2.45, 2.75) is 38.0 Å². The second-order valence-electron chi connectivity index (χ2n) is 6.82. The van der Waals surface area contributed by atoms with Crippen molar-refractivity contribution in [3.05, 3.63) is 46.5 Å². The fourth-order valence-electron chi connectivity index (χ4n) is 3.48. The van der Waals surface area contributed by atoms with Crippen LogP contribution in [0, 0.1) is 5.92 Å². The van der Waals surface area contributed by atoms with Gasteiger partial charge in [0.1, 0.15) is 12.0 Å². The number of carbonyl (C=O) groups excluding carboxylic acids is 2. The van der Waals surface area contributed by atoms with Crippen molar-refractivity contribution in [2.75, 3.05) is 14.2 Å². The number of rotatable bonds is 6. The Morgan fingerprint density at radius 3 is 2.93 bits per heavy atom. The van der Waals surface area contributed by atoms with Crippen LogP contribution in [0.4, 0.5) is 0 Å². The summed E-state index contributed by atoms with van der Waals surface area (Å²) in [5.41, 5.74) is -0.0594. The summed E-state index contributed by atoms with van der Waals surface area (Å²) in [5, 5.41) is 6.63. The van der Waals surface area contributed by atoms with Gasteiger partial charge in [0.15, 0.2) is 5.69 Å². The molecule has 0 unspecified atom stereocenters. The van der Waals surface area contributed by atoms with Crippen LogP contribution in [0.1, 0.15) is 35.4 Å². The minimum absolute atomic E-state index is 0.00371. The first kappa shape index (κ1) is 19.7. The van der Waals surface area contributed by atoms with E-state index in [0.29, 0.717) is 31.5 Å². The first-order valence-electron chi connectivity index (χ1n) is 9.01. The van der Waals surface area contributed by atoms with E-state index >= 15 is 0 Å². The first-order chi connectivity index (χ1) is 13.5. The Morgan fingerprint density at radius 2 is 2.25 bits per heavy atom. The van der Waals surface area contributed by atoms with Gasteiger partial charge in [-0.1, -0.05) is 5.16 Å². The van der Waals surface area contributed by atoms with Crippen LogP contribution in [0.15, 0.2) is 34.0 Å². The molecule has 1 aliphatic carbocycles. The maximum absolute atomic E-state index is 12.7. The summed E-state index contributed by atoms with van der Waals surface area (Å²) in [6, 6.07) is 1.41. The number of hydrogen-bond donors (Lipinski definition) is 2. The molecule has 10 nitrogen and oxygen atoms in total. The summed E-state index contributed by atoms with van der Waals surface area (Å²) in [4.78, 5) is 44.7. The van der Waals surface area contributed by atoms with Crippen molar-refractivity contribution >= 4 is 11.8 Å². The van der Waals surface area contributed by atoms with Gasteiger partial charge in [-0.05, 0) is 19.3 Å². The molecule has 2 heterocycles. The molecule has 0 spiro atoms. The molecule has 28 heavy (non-hydrogen) atoms. The Morgan fingerprint density at radius 1 is 1.43 bits per heavy atom. The number of carbonyl (C=O) groups is 2. The number of H-pyrrole nitrogens is 1. The molecule has 0 bridgehead atoms. The minimum Gasteiger partial charge on any atom is -0.379 e. The molecule has 3 atom stereocenters. The molecule has 10 heteroatoms. The molecule has 0 aromatic carbocycles. The lowest BCUT2D eigenvalue weighted by atomic mass is 9.83.